The summed E-state index contributed by atoms with van der Waals surface area (Å²) in [6.07, 6.45) is 0.475. The Kier molecular flexibility index (Phi) is 2.83. The Balaban J connectivity index is 2.45. The summed E-state index contributed by atoms with van der Waals surface area (Å²) in [7, 11) is 0. The topological polar surface area (TPSA) is 59.3 Å². The fourth-order valence-corrected chi connectivity index (χ4v) is 2.62. The highest BCUT2D eigenvalue weighted by atomic mass is 35.5. The zero-order chi connectivity index (χ0) is 14.6. The number of pyridine rings is 1. The molecule has 0 unspecified atom stereocenters. The van der Waals surface area contributed by atoms with Crippen molar-refractivity contribution in [3.63, 3.8) is 0 Å². The van der Waals surface area contributed by atoms with Gasteiger partial charge in [-0.1, -0.05) is 17.7 Å². The highest BCUT2D eigenvalue weighted by molar-refractivity contribution is 6.35. The van der Waals surface area contributed by atoms with Gasteiger partial charge in [0.05, 0.1) is 16.6 Å². The number of nitrogens with zero attached hydrogens (tertiary/aromatic N) is 1. The predicted molar refractivity (Wildman–Crippen MR) is 73.5 cm³/mol. The summed E-state index contributed by atoms with van der Waals surface area (Å²) in [6.45, 7) is 1.78. The molecule has 20 heavy (non-hydrogen) atoms. The van der Waals surface area contributed by atoms with Gasteiger partial charge in [0.25, 0.3) is 0 Å². The number of aryl methyl sites for hydroxylation is 1. The molecule has 1 saturated carbocycles. The van der Waals surface area contributed by atoms with Crippen molar-refractivity contribution in [1.82, 2.24) is 4.57 Å². The average Bonchev–Trinajstić information content (AvgIpc) is 3.11. The third-order valence-electron chi connectivity index (χ3n) is 3.59. The number of hydrogen-bond acceptors (Lipinski definition) is 2. The van der Waals surface area contributed by atoms with Crippen LogP contribution in [0.15, 0.2) is 23.1 Å². The van der Waals surface area contributed by atoms with E-state index in [0.29, 0.717) is 17.0 Å². The second kappa shape index (κ2) is 4.31. The van der Waals surface area contributed by atoms with Gasteiger partial charge in [-0.2, -0.15) is 0 Å². The van der Waals surface area contributed by atoms with E-state index in [1.165, 1.54) is 16.8 Å². The van der Waals surface area contributed by atoms with Crippen molar-refractivity contribution < 1.29 is 14.3 Å². The van der Waals surface area contributed by atoms with Gasteiger partial charge in [-0.15, -0.1) is 0 Å². The van der Waals surface area contributed by atoms with Gasteiger partial charge in [0.1, 0.15) is 11.7 Å². The van der Waals surface area contributed by atoms with E-state index in [1.807, 2.05) is 0 Å². The summed E-state index contributed by atoms with van der Waals surface area (Å²) in [5.74, 6) is -1.32. The van der Waals surface area contributed by atoms with Crippen molar-refractivity contribution in [3.8, 4) is 0 Å². The second-order valence-corrected chi connectivity index (χ2v) is 5.37. The second-order valence-electron chi connectivity index (χ2n) is 5.00. The van der Waals surface area contributed by atoms with Crippen molar-refractivity contribution >= 4 is 28.5 Å². The zero-order valence-corrected chi connectivity index (χ0v) is 11.3. The standard InChI is InChI=1S/C14H11ClFNO3/c1-6-2-3-7-12(11(6)15)17(10-4-9(10)16)5-8(13(7)18)14(19)20/h2-3,5,9-10H,4H2,1H3,(H,19,20)/t9-,10+/m0/s1. The van der Waals surface area contributed by atoms with E-state index in [4.69, 9.17) is 16.7 Å². The molecule has 0 amide bonds. The normalized spacial score (nSPS) is 21.1. The Morgan fingerprint density at radius 1 is 1.50 bits per heavy atom. The van der Waals surface area contributed by atoms with E-state index >= 15 is 0 Å². The van der Waals surface area contributed by atoms with E-state index in [2.05, 4.69) is 0 Å². The molecule has 4 nitrogen and oxygen atoms in total. The molecule has 1 N–H and O–H groups in total. The summed E-state index contributed by atoms with van der Waals surface area (Å²) < 4.78 is 14.9. The molecule has 0 aliphatic heterocycles. The molecule has 0 spiro atoms. The summed E-state index contributed by atoms with van der Waals surface area (Å²) in [5, 5.41) is 9.67. The van der Waals surface area contributed by atoms with Gasteiger partial charge in [0.15, 0.2) is 0 Å². The molecule has 1 aliphatic carbocycles. The molecular formula is C14H11ClFNO3. The zero-order valence-electron chi connectivity index (χ0n) is 10.6. The van der Waals surface area contributed by atoms with E-state index in [0.717, 1.165) is 5.56 Å². The van der Waals surface area contributed by atoms with Crippen molar-refractivity contribution in [1.29, 1.82) is 0 Å². The summed E-state index contributed by atoms with van der Waals surface area (Å²) in [5.41, 5.74) is 0.205. The molecule has 2 aromatic rings. The lowest BCUT2D eigenvalue weighted by Crippen LogP contribution is -2.19. The summed E-state index contributed by atoms with van der Waals surface area (Å²) in [6, 6.07) is 2.75. The average molecular weight is 296 g/mol. The Morgan fingerprint density at radius 2 is 2.15 bits per heavy atom. The van der Waals surface area contributed by atoms with Crippen LogP contribution in [0.1, 0.15) is 28.4 Å². The van der Waals surface area contributed by atoms with Gasteiger partial charge in [0, 0.05) is 18.0 Å². The summed E-state index contributed by atoms with van der Waals surface area (Å²) >= 11 is 6.23. The number of aromatic nitrogens is 1. The van der Waals surface area contributed by atoms with Gasteiger partial charge in [-0.05, 0) is 18.6 Å². The number of carboxylic acid groups (broad SMARTS) is 1. The van der Waals surface area contributed by atoms with Crippen LogP contribution in [-0.4, -0.2) is 21.8 Å². The number of fused-ring (bicyclic) bond motifs is 1. The van der Waals surface area contributed by atoms with Crippen molar-refractivity contribution in [2.24, 2.45) is 0 Å². The lowest BCUT2D eigenvalue weighted by atomic mass is 10.1. The molecule has 0 radical (unpaired) electrons. The number of rotatable bonds is 2. The first-order valence-electron chi connectivity index (χ1n) is 6.13. The van der Waals surface area contributed by atoms with Crippen LogP contribution in [0.4, 0.5) is 4.39 Å². The highest BCUT2D eigenvalue weighted by Gasteiger charge is 2.40. The van der Waals surface area contributed by atoms with E-state index in [1.54, 1.807) is 13.0 Å². The first-order chi connectivity index (χ1) is 9.41. The number of halogens is 2. The fourth-order valence-electron chi connectivity index (χ4n) is 2.36. The number of alkyl halides is 1. The maximum atomic E-state index is 13.4. The molecule has 0 bridgehead atoms. The minimum atomic E-state index is -1.32. The highest BCUT2D eigenvalue weighted by Crippen LogP contribution is 2.42. The fraction of sp³-hybridized carbons (Fsp3) is 0.286. The van der Waals surface area contributed by atoms with Crippen LogP contribution in [-0.2, 0) is 0 Å². The number of carboxylic acids is 1. The van der Waals surface area contributed by atoms with Crippen LogP contribution in [0, 0.1) is 6.92 Å². The minimum absolute atomic E-state index is 0.208. The van der Waals surface area contributed by atoms with Gasteiger partial charge < -0.3 is 9.67 Å². The molecule has 1 aromatic heterocycles. The van der Waals surface area contributed by atoms with Crippen LogP contribution in [0.5, 0.6) is 0 Å². The Bertz CT molecular complexity index is 799. The lowest BCUT2D eigenvalue weighted by Gasteiger charge is -2.13. The number of benzene rings is 1. The SMILES string of the molecule is Cc1ccc2c(=O)c(C(=O)O)cn([C@@H]3C[C@@H]3F)c2c1Cl. The number of hydrogen-bond donors (Lipinski definition) is 1. The Hall–Kier alpha value is -1.88. The van der Waals surface area contributed by atoms with Gasteiger partial charge in [0.2, 0.25) is 5.43 Å². The van der Waals surface area contributed by atoms with Crippen molar-refractivity contribution in [2.45, 2.75) is 25.6 Å². The van der Waals surface area contributed by atoms with Crippen LogP contribution in [0.25, 0.3) is 10.9 Å². The molecule has 6 heteroatoms. The summed E-state index contributed by atoms with van der Waals surface area (Å²) in [4.78, 5) is 23.3. The molecule has 0 saturated heterocycles. The van der Waals surface area contributed by atoms with Gasteiger partial charge in [-0.25, -0.2) is 9.18 Å². The Labute approximate surface area is 118 Å². The predicted octanol–water partition coefficient (Wildman–Crippen LogP) is 2.94. The van der Waals surface area contributed by atoms with Crippen LogP contribution in [0.2, 0.25) is 5.02 Å². The van der Waals surface area contributed by atoms with Crippen molar-refractivity contribution in [3.05, 3.63) is 44.7 Å². The molecule has 104 valence electrons. The minimum Gasteiger partial charge on any atom is -0.477 e. The van der Waals surface area contributed by atoms with Crippen LogP contribution < -0.4 is 5.43 Å². The molecule has 1 aliphatic rings. The molecule has 1 aromatic carbocycles. The lowest BCUT2D eigenvalue weighted by molar-refractivity contribution is 0.0694. The number of carbonyl (C=O) groups is 1. The maximum Gasteiger partial charge on any atom is 0.341 e. The third-order valence-corrected chi connectivity index (χ3v) is 4.07. The van der Waals surface area contributed by atoms with E-state index in [-0.39, 0.29) is 10.9 Å². The van der Waals surface area contributed by atoms with Gasteiger partial charge >= 0.3 is 5.97 Å². The smallest absolute Gasteiger partial charge is 0.341 e. The first kappa shape index (κ1) is 13.1. The Morgan fingerprint density at radius 3 is 2.70 bits per heavy atom. The molecule has 1 heterocycles. The van der Waals surface area contributed by atoms with E-state index < -0.39 is 23.6 Å². The van der Waals surface area contributed by atoms with Crippen LogP contribution in [0.3, 0.4) is 0 Å². The largest absolute Gasteiger partial charge is 0.477 e. The first-order valence-corrected chi connectivity index (χ1v) is 6.51. The third kappa shape index (κ3) is 1.81. The quantitative estimate of drug-likeness (QED) is 0.926. The van der Waals surface area contributed by atoms with E-state index in [9.17, 15) is 14.0 Å². The molecule has 2 atom stereocenters. The van der Waals surface area contributed by atoms with Crippen molar-refractivity contribution in [2.75, 3.05) is 0 Å². The molecule has 3 rings (SSSR count). The van der Waals surface area contributed by atoms with Crippen LogP contribution >= 0.6 is 11.6 Å². The van der Waals surface area contributed by atoms with Gasteiger partial charge in [-0.3, -0.25) is 4.79 Å². The molecule has 1 fully saturated rings. The number of aromatic carboxylic acids is 1. The molecular weight excluding hydrogens is 285 g/mol. The maximum absolute atomic E-state index is 13.4. The monoisotopic (exact) mass is 295 g/mol.